The van der Waals surface area contributed by atoms with E-state index in [0.29, 0.717) is 29.8 Å². The van der Waals surface area contributed by atoms with Crippen LogP contribution in [0.4, 0.5) is 0 Å². The molecular weight excluding hydrogens is 270 g/mol. The highest BCUT2D eigenvalue weighted by molar-refractivity contribution is 6.29. The molecule has 0 saturated carbocycles. The molecule has 2 heterocycles. The van der Waals surface area contributed by atoms with Crippen LogP contribution in [0.3, 0.4) is 0 Å². The van der Waals surface area contributed by atoms with Gasteiger partial charge in [-0.25, -0.2) is 4.98 Å². The van der Waals surface area contributed by atoms with Crippen LogP contribution in [0.1, 0.15) is 19.0 Å². The minimum Gasteiger partial charge on any atom is -0.491 e. The average molecular weight is 288 g/mol. The van der Waals surface area contributed by atoms with Crippen molar-refractivity contribution < 1.29 is 19.3 Å². The Morgan fingerprint density at radius 1 is 1.58 bits per heavy atom. The van der Waals surface area contributed by atoms with Gasteiger partial charge in [-0.1, -0.05) is 11.6 Å². The number of pyridine rings is 1. The Hall–Kier alpha value is -0.880. The zero-order valence-corrected chi connectivity index (χ0v) is 11.8. The van der Waals surface area contributed by atoms with Gasteiger partial charge >= 0.3 is 0 Å². The van der Waals surface area contributed by atoms with Crippen molar-refractivity contribution in [2.24, 2.45) is 0 Å². The normalized spacial score (nSPS) is 24.4. The van der Waals surface area contributed by atoms with Crippen LogP contribution in [0.25, 0.3) is 0 Å². The molecule has 0 unspecified atom stereocenters. The van der Waals surface area contributed by atoms with E-state index in [4.69, 9.17) is 25.8 Å². The van der Waals surface area contributed by atoms with E-state index >= 15 is 0 Å². The van der Waals surface area contributed by atoms with Gasteiger partial charge < -0.3 is 19.3 Å². The number of ether oxygens (including phenoxy) is 3. The second-order valence-electron chi connectivity index (χ2n) is 4.67. The molecule has 2 atom stereocenters. The van der Waals surface area contributed by atoms with Crippen LogP contribution in [-0.4, -0.2) is 43.1 Å². The summed E-state index contributed by atoms with van der Waals surface area (Å²) in [5.41, 5.74) is 0.133. The number of halogens is 1. The molecule has 1 aromatic rings. The molecule has 0 aliphatic carbocycles. The smallest absolute Gasteiger partial charge is 0.135 e. The SMILES string of the molecule is CO[C@@]1(c2cc(OC[C@H](C)O)cc(Cl)n2)CCOC1. The monoisotopic (exact) mass is 287 g/mol. The fraction of sp³-hybridized carbons (Fsp3) is 0.615. The van der Waals surface area contributed by atoms with E-state index in [1.54, 1.807) is 26.2 Å². The van der Waals surface area contributed by atoms with Crippen molar-refractivity contribution in [3.05, 3.63) is 23.0 Å². The van der Waals surface area contributed by atoms with Gasteiger partial charge in [-0.3, -0.25) is 0 Å². The van der Waals surface area contributed by atoms with Crippen LogP contribution >= 0.6 is 11.6 Å². The minimum absolute atomic E-state index is 0.205. The zero-order chi connectivity index (χ0) is 13.9. The van der Waals surface area contributed by atoms with Gasteiger partial charge in [-0.15, -0.1) is 0 Å². The summed E-state index contributed by atoms with van der Waals surface area (Å²) in [6.45, 7) is 2.94. The predicted octanol–water partition coefficient (Wildman–Crippen LogP) is 1.76. The van der Waals surface area contributed by atoms with Gasteiger partial charge in [-0.05, 0) is 6.92 Å². The van der Waals surface area contributed by atoms with E-state index in [1.807, 2.05) is 0 Å². The highest BCUT2D eigenvalue weighted by atomic mass is 35.5. The summed E-state index contributed by atoms with van der Waals surface area (Å²) in [4.78, 5) is 4.30. The maximum atomic E-state index is 9.24. The van der Waals surface area contributed by atoms with Gasteiger partial charge in [0.05, 0.1) is 18.4 Å². The van der Waals surface area contributed by atoms with Gasteiger partial charge in [0.1, 0.15) is 23.1 Å². The average Bonchev–Trinajstić information content (AvgIpc) is 2.86. The van der Waals surface area contributed by atoms with E-state index in [0.717, 1.165) is 6.42 Å². The Balaban J connectivity index is 2.25. The van der Waals surface area contributed by atoms with Crippen molar-refractivity contribution in [3.8, 4) is 5.75 Å². The van der Waals surface area contributed by atoms with Gasteiger partial charge in [-0.2, -0.15) is 0 Å². The first-order chi connectivity index (χ1) is 9.05. The molecule has 1 aliphatic heterocycles. The molecule has 106 valence electrons. The summed E-state index contributed by atoms with van der Waals surface area (Å²) in [6.07, 6.45) is 0.189. The molecule has 1 aliphatic rings. The summed E-state index contributed by atoms with van der Waals surface area (Å²) in [7, 11) is 1.63. The number of rotatable bonds is 5. The number of hydrogen-bond acceptors (Lipinski definition) is 5. The molecule has 0 radical (unpaired) electrons. The lowest BCUT2D eigenvalue weighted by molar-refractivity contribution is -0.0248. The summed E-state index contributed by atoms with van der Waals surface area (Å²) in [6, 6.07) is 3.40. The molecule has 19 heavy (non-hydrogen) atoms. The molecule has 2 rings (SSSR count). The van der Waals surface area contributed by atoms with Gasteiger partial charge in [0.2, 0.25) is 0 Å². The van der Waals surface area contributed by atoms with E-state index in [-0.39, 0.29) is 6.61 Å². The Labute approximate surface area is 117 Å². The molecule has 1 aromatic heterocycles. The van der Waals surface area contributed by atoms with E-state index in [9.17, 15) is 5.11 Å². The Morgan fingerprint density at radius 2 is 2.37 bits per heavy atom. The standard InChI is InChI=1S/C13H18ClNO4/c1-9(16)7-19-10-5-11(15-12(14)6-10)13(17-2)3-4-18-8-13/h5-6,9,16H,3-4,7-8H2,1-2H3/t9-,13-/m0/s1. The van der Waals surface area contributed by atoms with Crippen LogP contribution in [0, 0.1) is 0 Å². The molecule has 1 N–H and O–H groups in total. The van der Waals surface area contributed by atoms with Crippen molar-refractivity contribution in [3.63, 3.8) is 0 Å². The topological polar surface area (TPSA) is 60.8 Å². The van der Waals surface area contributed by atoms with Gasteiger partial charge in [0.15, 0.2) is 0 Å². The summed E-state index contributed by atoms with van der Waals surface area (Å²) in [5.74, 6) is 0.569. The molecular formula is C13H18ClNO4. The van der Waals surface area contributed by atoms with Gasteiger partial charge in [0, 0.05) is 32.3 Å². The first kappa shape index (κ1) is 14.5. The Kier molecular flexibility index (Phi) is 4.62. The van der Waals surface area contributed by atoms with Crippen molar-refractivity contribution in [2.45, 2.75) is 25.0 Å². The van der Waals surface area contributed by atoms with E-state index in [2.05, 4.69) is 4.98 Å². The maximum absolute atomic E-state index is 9.24. The molecule has 1 saturated heterocycles. The predicted molar refractivity (Wildman–Crippen MR) is 70.5 cm³/mol. The summed E-state index contributed by atoms with van der Waals surface area (Å²) in [5, 5.41) is 9.58. The fourth-order valence-electron chi connectivity index (χ4n) is 2.02. The van der Waals surface area contributed by atoms with Crippen LogP contribution < -0.4 is 4.74 Å². The Morgan fingerprint density at radius 3 is 2.95 bits per heavy atom. The molecule has 0 amide bonds. The minimum atomic E-state index is -0.562. The molecule has 0 aromatic carbocycles. The quantitative estimate of drug-likeness (QED) is 0.836. The number of nitrogens with zero attached hydrogens (tertiary/aromatic N) is 1. The number of methoxy groups -OCH3 is 1. The fourth-order valence-corrected chi connectivity index (χ4v) is 2.22. The first-order valence-corrected chi connectivity index (χ1v) is 6.55. The maximum Gasteiger partial charge on any atom is 0.135 e. The second-order valence-corrected chi connectivity index (χ2v) is 5.06. The lowest BCUT2D eigenvalue weighted by Crippen LogP contribution is -2.30. The van der Waals surface area contributed by atoms with Gasteiger partial charge in [0.25, 0.3) is 0 Å². The van der Waals surface area contributed by atoms with Crippen LogP contribution in [0.2, 0.25) is 5.15 Å². The molecule has 0 spiro atoms. The number of aliphatic hydroxyl groups excluding tert-OH is 1. The third-order valence-electron chi connectivity index (χ3n) is 3.10. The number of aromatic nitrogens is 1. The van der Waals surface area contributed by atoms with Crippen molar-refractivity contribution in [1.29, 1.82) is 0 Å². The lowest BCUT2D eigenvalue weighted by Gasteiger charge is -2.25. The molecule has 6 heteroatoms. The summed E-state index contributed by atoms with van der Waals surface area (Å²) >= 11 is 6.01. The molecule has 1 fully saturated rings. The third kappa shape index (κ3) is 3.36. The third-order valence-corrected chi connectivity index (χ3v) is 3.30. The van der Waals surface area contributed by atoms with E-state index in [1.165, 1.54) is 0 Å². The van der Waals surface area contributed by atoms with Crippen LogP contribution in [-0.2, 0) is 15.1 Å². The van der Waals surface area contributed by atoms with Crippen LogP contribution in [0.5, 0.6) is 5.75 Å². The zero-order valence-electron chi connectivity index (χ0n) is 11.1. The lowest BCUT2D eigenvalue weighted by atomic mass is 9.98. The summed E-state index contributed by atoms with van der Waals surface area (Å²) < 4.78 is 16.4. The van der Waals surface area contributed by atoms with Crippen molar-refractivity contribution in [1.82, 2.24) is 4.98 Å². The highest BCUT2D eigenvalue weighted by Crippen LogP contribution is 2.35. The van der Waals surface area contributed by atoms with Crippen LogP contribution in [0.15, 0.2) is 12.1 Å². The molecule has 5 nitrogen and oxygen atoms in total. The highest BCUT2D eigenvalue weighted by Gasteiger charge is 2.38. The number of aliphatic hydroxyl groups is 1. The van der Waals surface area contributed by atoms with Crippen molar-refractivity contribution >= 4 is 11.6 Å². The number of hydrogen-bond donors (Lipinski definition) is 1. The van der Waals surface area contributed by atoms with E-state index < -0.39 is 11.7 Å². The second kappa shape index (κ2) is 6.05. The molecule has 0 bridgehead atoms. The first-order valence-electron chi connectivity index (χ1n) is 6.17. The Bertz CT molecular complexity index is 433. The van der Waals surface area contributed by atoms with Crippen molar-refractivity contribution in [2.75, 3.05) is 26.9 Å². The largest absolute Gasteiger partial charge is 0.491 e.